The molecule has 0 amide bonds. The largest absolute Gasteiger partial charge is 0.142 e. The molecule has 0 aliphatic rings. The van der Waals surface area contributed by atoms with Crippen molar-refractivity contribution in [3.05, 3.63) is 23.8 Å². The Kier molecular flexibility index (Phi) is 3.10. The van der Waals surface area contributed by atoms with Gasteiger partial charge < -0.3 is 0 Å². The van der Waals surface area contributed by atoms with E-state index in [1.54, 1.807) is 11.8 Å². The molecular weight excluding hydrogens is 228 g/mol. The highest BCUT2D eigenvalue weighted by Gasteiger charge is 2.06. The normalized spacial score (nSPS) is 11.1. The maximum absolute atomic E-state index is 4.60. The van der Waals surface area contributed by atoms with Gasteiger partial charge in [-0.1, -0.05) is 19.1 Å². The number of thiophene rings is 1. The minimum absolute atomic E-state index is 1.06. The molecule has 74 valence electrons. The number of thioether (sulfide) groups is 1. The van der Waals surface area contributed by atoms with E-state index in [0.717, 1.165) is 11.3 Å². The molecule has 1 aromatic carbocycles. The van der Waals surface area contributed by atoms with Crippen molar-refractivity contribution in [1.29, 1.82) is 0 Å². The molecular formula is C11H12S3. The Bertz CT molecular complexity index is 457. The van der Waals surface area contributed by atoms with Crippen molar-refractivity contribution in [3.63, 3.8) is 0 Å². The first-order valence-corrected chi connectivity index (χ1v) is 7.03. The maximum atomic E-state index is 4.60. The predicted molar refractivity (Wildman–Crippen MR) is 70.2 cm³/mol. The van der Waals surface area contributed by atoms with E-state index in [4.69, 9.17) is 0 Å². The van der Waals surface area contributed by atoms with Crippen LogP contribution in [0.1, 0.15) is 12.5 Å². The molecule has 0 fully saturated rings. The van der Waals surface area contributed by atoms with Crippen molar-refractivity contribution >= 4 is 45.8 Å². The molecule has 0 spiro atoms. The number of benzene rings is 1. The molecule has 14 heavy (non-hydrogen) atoms. The molecule has 0 unspecified atom stereocenters. The fourth-order valence-electron chi connectivity index (χ4n) is 1.49. The highest BCUT2D eigenvalue weighted by Crippen LogP contribution is 2.36. The fraction of sp³-hybridized carbons (Fsp3) is 0.273. The molecule has 0 nitrogen and oxygen atoms in total. The zero-order valence-electron chi connectivity index (χ0n) is 8.20. The van der Waals surface area contributed by atoms with Crippen LogP contribution < -0.4 is 0 Å². The quantitative estimate of drug-likeness (QED) is 0.597. The molecule has 2 rings (SSSR count). The van der Waals surface area contributed by atoms with Crippen LogP contribution in [-0.2, 0) is 6.42 Å². The first-order valence-electron chi connectivity index (χ1n) is 4.54. The van der Waals surface area contributed by atoms with Gasteiger partial charge in [0.2, 0.25) is 0 Å². The zero-order chi connectivity index (χ0) is 10.1. The summed E-state index contributed by atoms with van der Waals surface area (Å²) in [6.45, 7) is 2.17. The van der Waals surface area contributed by atoms with Gasteiger partial charge in [-0.25, -0.2) is 0 Å². The van der Waals surface area contributed by atoms with E-state index in [1.807, 2.05) is 11.3 Å². The Balaban J connectivity index is 2.68. The third-order valence-corrected chi connectivity index (χ3v) is 5.20. The standard InChI is InChI=1S/C11H12S3/c1-3-7-4-5-8-6-9(13-2)14-11(8)10(7)12/h4-6,12H,3H2,1-2H3. The van der Waals surface area contributed by atoms with Crippen molar-refractivity contribution in [2.75, 3.05) is 6.26 Å². The van der Waals surface area contributed by atoms with Crippen molar-refractivity contribution in [3.8, 4) is 0 Å². The molecule has 2 aromatic rings. The number of rotatable bonds is 2. The van der Waals surface area contributed by atoms with Gasteiger partial charge in [0.05, 0.1) is 4.21 Å². The smallest absolute Gasteiger partial charge is 0.0608 e. The van der Waals surface area contributed by atoms with Gasteiger partial charge in [-0.05, 0) is 29.7 Å². The summed E-state index contributed by atoms with van der Waals surface area (Å²) in [5, 5.41) is 1.32. The summed E-state index contributed by atoms with van der Waals surface area (Å²) in [5.74, 6) is 0. The molecule has 0 N–H and O–H groups in total. The summed E-state index contributed by atoms with van der Waals surface area (Å²) in [6.07, 6.45) is 3.17. The maximum Gasteiger partial charge on any atom is 0.0608 e. The van der Waals surface area contributed by atoms with Crippen LogP contribution in [0.25, 0.3) is 10.1 Å². The van der Waals surface area contributed by atoms with E-state index >= 15 is 0 Å². The first-order chi connectivity index (χ1) is 6.76. The second-order valence-electron chi connectivity index (χ2n) is 3.11. The van der Waals surface area contributed by atoms with Crippen molar-refractivity contribution < 1.29 is 0 Å². The summed E-state index contributed by atoms with van der Waals surface area (Å²) in [5.41, 5.74) is 1.34. The number of aryl methyl sites for hydroxylation is 1. The van der Waals surface area contributed by atoms with Gasteiger partial charge in [0.25, 0.3) is 0 Å². The topological polar surface area (TPSA) is 0 Å². The molecule has 0 aliphatic carbocycles. The Labute approximate surface area is 98.1 Å². The second-order valence-corrected chi connectivity index (χ2v) is 5.72. The van der Waals surface area contributed by atoms with Crippen LogP contribution in [0, 0.1) is 0 Å². The van der Waals surface area contributed by atoms with Crippen LogP contribution in [0.2, 0.25) is 0 Å². The Hall–Kier alpha value is -0.120. The van der Waals surface area contributed by atoms with Crippen molar-refractivity contribution in [2.45, 2.75) is 22.4 Å². The summed E-state index contributed by atoms with van der Waals surface area (Å²) >= 11 is 8.24. The zero-order valence-corrected chi connectivity index (χ0v) is 10.7. The molecule has 0 radical (unpaired) electrons. The van der Waals surface area contributed by atoms with Crippen LogP contribution >= 0.6 is 35.7 Å². The summed E-state index contributed by atoms with van der Waals surface area (Å²) in [4.78, 5) is 1.16. The van der Waals surface area contributed by atoms with Crippen LogP contribution in [0.15, 0.2) is 27.3 Å². The molecule has 1 aromatic heterocycles. The van der Waals surface area contributed by atoms with E-state index in [-0.39, 0.29) is 0 Å². The highest BCUT2D eigenvalue weighted by atomic mass is 32.2. The van der Waals surface area contributed by atoms with E-state index in [0.29, 0.717) is 0 Å². The van der Waals surface area contributed by atoms with Gasteiger partial charge in [0.15, 0.2) is 0 Å². The third kappa shape index (κ3) is 1.69. The molecule has 0 saturated heterocycles. The van der Waals surface area contributed by atoms with E-state index < -0.39 is 0 Å². The number of hydrogen-bond donors (Lipinski definition) is 1. The lowest BCUT2D eigenvalue weighted by atomic mass is 10.1. The molecule has 0 aliphatic heterocycles. The number of fused-ring (bicyclic) bond motifs is 1. The van der Waals surface area contributed by atoms with Crippen LogP contribution in [-0.4, -0.2) is 6.26 Å². The van der Waals surface area contributed by atoms with Crippen LogP contribution in [0.4, 0.5) is 0 Å². The Morgan fingerprint density at radius 2 is 2.21 bits per heavy atom. The lowest BCUT2D eigenvalue weighted by molar-refractivity contribution is 1.10. The first kappa shape index (κ1) is 10.4. The molecule has 3 heteroatoms. The Morgan fingerprint density at radius 1 is 1.43 bits per heavy atom. The van der Waals surface area contributed by atoms with E-state index in [2.05, 4.69) is 44.0 Å². The Morgan fingerprint density at radius 3 is 2.86 bits per heavy atom. The summed E-state index contributed by atoms with van der Waals surface area (Å²) in [7, 11) is 0. The highest BCUT2D eigenvalue weighted by molar-refractivity contribution is 8.00. The number of thiol groups is 1. The minimum Gasteiger partial charge on any atom is -0.142 e. The van der Waals surface area contributed by atoms with Gasteiger partial charge in [-0.15, -0.1) is 35.7 Å². The van der Waals surface area contributed by atoms with Gasteiger partial charge >= 0.3 is 0 Å². The predicted octanol–water partition coefficient (Wildman–Crippen LogP) is 4.47. The van der Waals surface area contributed by atoms with Crippen molar-refractivity contribution in [1.82, 2.24) is 0 Å². The lowest BCUT2D eigenvalue weighted by Gasteiger charge is -2.01. The minimum atomic E-state index is 1.06. The second kappa shape index (κ2) is 4.17. The molecule has 1 heterocycles. The molecule has 0 bridgehead atoms. The summed E-state index contributed by atoms with van der Waals surface area (Å²) in [6, 6.07) is 6.62. The van der Waals surface area contributed by atoms with Gasteiger partial charge in [-0.3, -0.25) is 0 Å². The monoisotopic (exact) mass is 240 g/mol. The summed E-state index contributed by atoms with van der Waals surface area (Å²) < 4.78 is 2.69. The van der Waals surface area contributed by atoms with Gasteiger partial charge in [0, 0.05) is 9.60 Å². The average Bonchev–Trinajstić information content (AvgIpc) is 2.62. The molecule has 0 atom stereocenters. The van der Waals surface area contributed by atoms with Crippen molar-refractivity contribution in [2.24, 2.45) is 0 Å². The fourth-order valence-corrected chi connectivity index (χ4v) is 3.68. The van der Waals surface area contributed by atoms with Gasteiger partial charge in [0.1, 0.15) is 0 Å². The lowest BCUT2D eigenvalue weighted by Crippen LogP contribution is -1.81. The SMILES string of the molecule is CCc1ccc2cc(SC)sc2c1S. The van der Waals surface area contributed by atoms with Crippen LogP contribution in [0.5, 0.6) is 0 Å². The van der Waals surface area contributed by atoms with E-state index in [9.17, 15) is 0 Å². The average molecular weight is 240 g/mol. The molecule has 0 saturated carbocycles. The third-order valence-electron chi connectivity index (χ3n) is 2.30. The van der Waals surface area contributed by atoms with E-state index in [1.165, 1.54) is 19.9 Å². The van der Waals surface area contributed by atoms with Gasteiger partial charge in [-0.2, -0.15) is 0 Å². The van der Waals surface area contributed by atoms with Crippen LogP contribution in [0.3, 0.4) is 0 Å². The number of hydrogen-bond acceptors (Lipinski definition) is 3.